The molecule has 0 amide bonds. The Bertz CT molecular complexity index is 373. The van der Waals surface area contributed by atoms with Gasteiger partial charge in [0.15, 0.2) is 0 Å². The fourth-order valence-corrected chi connectivity index (χ4v) is 1.92. The van der Waals surface area contributed by atoms with Crippen LogP contribution in [0.3, 0.4) is 0 Å². The van der Waals surface area contributed by atoms with Gasteiger partial charge in [-0.3, -0.25) is 0 Å². The van der Waals surface area contributed by atoms with Gasteiger partial charge >= 0.3 is 6.18 Å². The molecular formula is C10H11F3N2. The van der Waals surface area contributed by atoms with Crippen LogP contribution >= 0.6 is 0 Å². The van der Waals surface area contributed by atoms with Crippen LogP contribution in [0.1, 0.15) is 29.4 Å². The Kier molecular flexibility index (Phi) is 2.42. The molecular weight excluding hydrogens is 205 g/mol. The molecule has 1 aliphatic rings. The molecule has 0 radical (unpaired) electrons. The van der Waals surface area contributed by atoms with Gasteiger partial charge in [0.05, 0.1) is 0 Å². The molecule has 0 aromatic carbocycles. The van der Waals surface area contributed by atoms with Gasteiger partial charge in [0.25, 0.3) is 0 Å². The highest BCUT2D eigenvalue weighted by Gasteiger charge is 2.34. The van der Waals surface area contributed by atoms with Crippen LogP contribution < -0.4 is 5.32 Å². The summed E-state index contributed by atoms with van der Waals surface area (Å²) in [6.45, 7) is 0. The largest absolute Gasteiger partial charge is 0.433 e. The lowest BCUT2D eigenvalue weighted by Gasteiger charge is -2.11. The summed E-state index contributed by atoms with van der Waals surface area (Å²) in [4.78, 5) is 3.66. The third kappa shape index (κ3) is 1.84. The Labute approximate surface area is 85.5 Å². The van der Waals surface area contributed by atoms with Crippen molar-refractivity contribution < 1.29 is 13.2 Å². The molecule has 5 heteroatoms. The molecule has 0 saturated heterocycles. The molecule has 2 rings (SSSR count). The number of pyridine rings is 1. The van der Waals surface area contributed by atoms with E-state index in [1.165, 1.54) is 6.07 Å². The first-order valence-corrected chi connectivity index (χ1v) is 4.76. The summed E-state index contributed by atoms with van der Waals surface area (Å²) in [6.07, 6.45) is -2.91. The second kappa shape index (κ2) is 3.48. The molecule has 2 nitrogen and oxygen atoms in total. The fraction of sp³-hybridized carbons (Fsp3) is 0.500. The second-order valence-electron chi connectivity index (χ2n) is 3.61. The van der Waals surface area contributed by atoms with E-state index in [-0.39, 0.29) is 6.04 Å². The van der Waals surface area contributed by atoms with E-state index in [0.29, 0.717) is 12.1 Å². The minimum Gasteiger partial charge on any atom is -0.313 e. The molecule has 15 heavy (non-hydrogen) atoms. The summed E-state index contributed by atoms with van der Waals surface area (Å²) in [5.41, 5.74) is 0.674. The number of halogens is 3. The van der Waals surface area contributed by atoms with Crippen molar-refractivity contribution in [1.82, 2.24) is 10.3 Å². The molecule has 1 N–H and O–H groups in total. The van der Waals surface area contributed by atoms with Crippen LogP contribution in [0.5, 0.6) is 0 Å². The molecule has 1 aromatic rings. The molecule has 1 heterocycles. The molecule has 1 aromatic heterocycles. The van der Waals surface area contributed by atoms with E-state index < -0.39 is 11.9 Å². The third-order valence-electron chi connectivity index (χ3n) is 2.69. The number of rotatable bonds is 1. The van der Waals surface area contributed by atoms with Crippen LogP contribution in [0.4, 0.5) is 13.2 Å². The Morgan fingerprint density at radius 3 is 2.73 bits per heavy atom. The molecule has 1 aliphatic carbocycles. The highest BCUT2D eigenvalue weighted by Crippen LogP contribution is 2.33. The van der Waals surface area contributed by atoms with Crippen molar-refractivity contribution >= 4 is 0 Å². The van der Waals surface area contributed by atoms with E-state index in [1.807, 2.05) is 0 Å². The van der Waals surface area contributed by atoms with Crippen LogP contribution in [-0.4, -0.2) is 12.0 Å². The number of hydrogen-bond acceptors (Lipinski definition) is 2. The average molecular weight is 216 g/mol. The number of nitrogens with one attached hydrogen (secondary N) is 1. The summed E-state index contributed by atoms with van der Waals surface area (Å²) in [5.74, 6) is 0. The molecule has 0 fully saturated rings. The molecule has 0 bridgehead atoms. The predicted octanol–water partition coefficient (Wildman–Crippen LogP) is 2.31. The third-order valence-corrected chi connectivity index (χ3v) is 2.69. The SMILES string of the molecule is CNC1CCc2nc(C(F)(F)F)ccc21. The highest BCUT2D eigenvalue weighted by atomic mass is 19.4. The topological polar surface area (TPSA) is 24.9 Å². The van der Waals surface area contributed by atoms with Gasteiger partial charge in [0.1, 0.15) is 5.69 Å². The zero-order chi connectivity index (χ0) is 11.1. The van der Waals surface area contributed by atoms with Crippen molar-refractivity contribution in [3.8, 4) is 0 Å². The first kappa shape index (κ1) is 10.4. The van der Waals surface area contributed by atoms with Crippen LogP contribution in [0, 0.1) is 0 Å². The monoisotopic (exact) mass is 216 g/mol. The lowest BCUT2D eigenvalue weighted by Crippen LogP contribution is -2.14. The first-order valence-electron chi connectivity index (χ1n) is 4.76. The van der Waals surface area contributed by atoms with E-state index in [4.69, 9.17) is 0 Å². The number of aromatic nitrogens is 1. The summed E-state index contributed by atoms with van der Waals surface area (Å²) in [5, 5.41) is 3.06. The smallest absolute Gasteiger partial charge is 0.313 e. The van der Waals surface area contributed by atoms with Gasteiger partial charge in [-0.25, -0.2) is 4.98 Å². The lowest BCUT2D eigenvalue weighted by molar-refractivity contribution is -0.141. The highest BCUT2D eigenvalue weighted by molar-refractivity contribution is 5.31. The van der Waals surface area contributed by atoms with Crippen LogP contribution in [0.25, 0.3) is 0 Å². The van der Waals surface area contributed by atoms with E-state index >= 15 is 0 Å². The van der Waals surface area contributed by atoms with Gasteiger partial charge in [0.2, 0.25) is 0 Å². The van der Waals surface area contributed by atoms with E-state index in [2.05, 4.69) is 10.3 Å². The average Bonchev–Trinajstić information content (AvgIpc) is 2.58. The van der Waals surface area contributed by atoms with E-state index in [0.717, 1.165) is 18.1 Å². The second-order valence-corrected chi connectivity index (χ2v) is 3.61. The Hall–Kier alpha value is -1.10. The van der Waals surface area contributed by atoms with Gasteiger partial charge in [-0.2, -0.15) is 13.2 Å². The first-order chi connectivity index (χ1) is 7.02. The van der Waals surface area contributed by atoms with Gasteiger partial charge in [-0.05, 0) is 31.5 Å². The molecule has 1 atom stereocenters. The fourth-order valence-electron chi connectivity index (χ4n) is 1.92. The zero-order valence-electron chi connectivity index (χ0n) is 8.23. The number of fused-ring (bicyclic) bond motifs is 1. The number of hydrogen-bond donors (Lipinski definition) is 1. The summed E-state index contributed by atoms with van der Waals surface area (Å²) < 4.78 is 37.1. The van der Waals surface area contributed by atoms with Crippen molar-refractivity contribution in [2.24, 2.45) is 0 Å². The number of alkyl halides is 3. The maximum Gasteiger partial charge on any atom is 0.433 e. The molecule has 0 saturated carbocycles. The van der Waals surface area contributed by atoms with Crippen LogP contribution in [0.2, 0.25) is 0 Å². The number of aryl methyl sites for hydroxylation is 1. The Morgan fingerprint density at radius 2 is 2.13 bits per heavy atom. The number of nitrogens with zero attached hydrogens (tertiary/aromatic N) is 1. The van der Waals surface area contributed by atoms with Crippen molar-refractivity contribution in [1.29, 1.82) is 0 Å². The Balaban J connectivity index is 2.37. The Morgan fingerprint density at radius 1 is 1.40 bits per heavy atom. The lowest BCUT2D eigenvalue weighted by atomic mass is 10.1. The van der Waals surface area contributed by atoms with E-state index in [1.54, 1.807) is 7.05 Å². The minimum absolute atomic E-state index is 0.148. The van der Waals surface area contributed by atoms with Gasteiger partial charge in [0, 0.05) is 11.7 Å². The summed E-state index contributed by atoms with van der Waals surface area (Å²) in [7, 11) is 1.80. The van der Waals surface area contributed by atoms with Crippen molar-refractivity contribution in [2.45, 2.75) is 25.1 Å². The molecule has 0 aliphatic heterocycles. The maximum absolute atomic E-state index is 12.4. The summed E-state index contributed by atoms with van der Waals surface area (Å²) in [6, 6.07) is 2.73. The maximum atomic E-state index is 12.4. The van der Waals surface area contributed by atoms with Gasteiger partial charge in [-0.1, -0.05) is 6.07 Å². The summed E-state index contributed by atoms with van der Waals surface area (Å²) >= 11 is 0. The minimum atomic E-state index is -4.34. The van der Waals surface area contributed by atoms with Crippen LogP contribution in [-0.2, 0) is 12.6 Å². The quantitative estimate of drug-likeness (QED) is 0.779. The van der Waals surface area contributed by atoms with Gasteiger partial charge in [-0.15, -0.1) is 0 Å². The molecule has 1 unspecified atom stereocenters. The van der Waals surface area contributed by atoms with Crippen molar-refractivity contribution in [3.63, 3.8) is 0 Å². The molecule has 0 spiro atoms. The molecule has 82 valence electrons. The van der Waals surface area contributed by atoms with Crippen molar-refractivity contribution in [2.75, 3.05) is 7.05 Å². The predicted molar refractivity (Wildman–Crippen MR) is 49.4 cm³/mol. The van der Waals surface area contributed by atoms with Gasteiger partial charge < -0.3 is 5.32 Å². The normalized spacial score (nSPS) is 20.4. The standard InChI is InChI=1S/C10H11F3N2/c1-14-7-3-4-8-6(7)2-5-9(15-8)10(11,12)13/h2,5,7,14H,3-4H2,1H3. The zero-order valence-corrected chi connectivity index (χ0v) is 8.23. The van der Waals surface area contributed by atoms with E-state index in [9.17, 15) is 13.2 Å². The van der Waals surface area contributed by atoms with Crippen LogP contribution in [0.15, 0.2) is 12.1 Å². The van der Waals surface area contributed by atoms with Crippen molar-refractivity contribution in [3.05, 3.63) is 29.1 Å².